The second-order valence-electron chi connectivity index (χ2n) is 4.26. The molecule has 0 saturated heterocycles. The molecule has 0 amide bonds. The maximum absolute atomic E-state index is 12.2. The Morgan fingerprint density at radius 3 is 2.52 bits per heavy atom. The van der Waals surface area contributed by atoms with Gasteiger partial charge < -0.3 is 5.32 Å². The first-order valence-corrected chi connectivity index (χ1v) is 7.59. The molecule has 0 fully saturated rings. The quantitative estimate of drug-likeness (QED) is 0.755. The lowest BCUT2D eigenvalue weighted by Gasteiger charge is -2.19. The molecule has 3 heterocycles. The van der Waals surface area contributed by atoms with Gasteiger partial charge >= 0.3 is 6.18 Å². The molecule has 1 unspecified atom stereocenters. The Morgan fingerprint density at radius 1 is 1.38 bits per heavy atom. The number of alkyl halides is 3. The Hall–Kier alpha value is -1.07. The van der Waals surface area contributed by atoms with Gasteiger partial charge in [0.15, 0.2) is 3.92 Å². The standard InChI is InChI=1S/C7H9F3N4.C3H3BrN2S/c1-4-5-12-6(7(8,9)10)13-14(5)3-2-11-4;1-2-5-6-3(4)7-2/h4,11H,2-3H2,1H3;1H3. The van der Waals surface area contributed by atoms with Gasteiger partial charge in [0.25, 0.3) is 5.82 Å². The number of fused-ring (bicyclic) bond motifs is 1. The van der Waals surface area contributed by atoms with Gasteiger partial charge in [0, 0.05) is 6.54 Å². The van der Waals surface area contributed by atoms with E-state index in [1.165, 1.54) is 16.0 Å². The van der Waals surface area contributed by atoms with Crippen LogP contribution in [-0.4, -0.2) is 31.5 Å². The zero-order valence-corrected chi connectivity index (χ0v) is 13.6. The predicted molar refractivity (Wildman–Crippen MR) is 73.8 cm³/mol. The number of nitrogens with one attached hydrogen (secondary N) is 1. The van der Waals surface area contributed by atoms with Crippen molar-refractivity contribution in [2.45, 2.75) is 32.6 Å². The molecule has 0 radical (unpaired) electrons. The molecule has 1 aliphatic heterocycles. The average Bonchev–Trinajstić information content (AvgIpc) is 2.96. The van der Waals surface area contributed by atoms with Crippen LogP contribution < -0.4 is 5.32 Å². The zero-order chi connectivity index (χ0) is 15.6. The normalized spacial score (nSPS) is 17.9. The topological polar surface area (TPSA) is 68.5 Å². The summed E-state index contributed by atoms with van der Waals surface area (Å²) in [6, 6.07) is -0.174. The van der Waals surface area contributed by atoms with Gasteiger partial charge in [0.2, 0.25) is 0 Å². The molecule has 1 aliphatic rings. The van der Waals surface area contributed by atoms with Crippen molar-refractivity contribution in [1.82, 2.24) is 30.3 Å². The fourth-order valence-corrected chi connectivity index (χ4v) is 2.90. The highest BCUT2D eigenvalue weighted by Gasteiger charge is 2.38. The third-order valence-electron chi connectivity index (χ3n) is 2.62. The molecule has 0 bridgehead atoms. The summed E-state index contributed by atoms with van der Waals surface area (Å²) in [5.41, 5.74) is 0. The van der Waals surface area contributed by atoms with E-state index in [0.717, 1.165) is 8.92 Å². The summed E-state index contributed by atoms with van der Waals surface area (Å²) in [6.45, 7) is 4.74. The van der Waals surface area contributed by atoms with E-state index in [2.05, 4.69) is 41.5 Å². The number of aromatic nitrogens is 5. The summed E-state index contributed by atoms with van der Waals surface area (Å²) in [5.74, 6) is -0.702. The first kappa shape index (κ1) is 16.3. The highest BCUT2D eigenvalue weighted by atomic mass is 79.9. The highest BCUT2D eigenvalue weighted by molar-refractivity contribution is 9.11. The Bertz CT molecular complexity index is 594. The van der Waals surface area contributed by atoms with E-state index in [4.69, 9.17) is 0 Å². The van der Waals surface area contributed by atoms with Gasteiger partial charge in [-0.15, -0.1) is 15.3 Å². The molecule has 1 atom stereocenters. The van der Waals surface area contributed by atoms with Crippen LogP contribution in [0, 0.1) is 6.92 Å². The summed E-state index contributed by atoms with van der Waals surface area (Å²) in [7, 11) is 0. The molecule has 0 saturated carbocycles. The van der Waals surface area contributed by atoms with Crippen molar-refractivity contribution in [3.05, 3.63) is 20.6 Å². The smallest absolute Gasteiger partial charge is 0.306 e. The van der Waals surface area contributed by atoms with E-state index in [1.807, 2.05) is 6.92 Å². The molecule has 116 valence electrons. The van der Waals surface area contributed by atoms with Crippen molar-refractivity contribution < 1.29 is 13.2 Å². The number of halogens is 4. The summed E-state index contributed by atoms with van der Waals surface area (Å²) < 4.78 is 38.9. The average molecular weight is 385 g/mol. The summed E-state index contributed by atoms with van der Waals surface area (Å²) in [6.07, 6.45) is -4.45. The molecular weight excluding hydrogens is 373 g/mol. The van der Waals surface area contributed by atoms with Crippen LogP contribution in [0.5, 0.6) is 0 Å². The molecule has 3 rings (SSSR count). The van der Waals surface area contributed by atoms with E-state index >= 15 is 0 Å². The maximum Gasteiger partial charge on any atom is 0.453 e. The van der Waals surface area contributed by atoms with Crippen molar-refractivity contribution in [2.75, 3.05) is 6.54 Å². The van der Waals surface area contributed by atoms with Gasteiger partial charge in [-0.1, -0.05) is 11.3 Å². The number of hydrogen-bond acceptors (Lipinski definition) is 6. The summed E-state index contributed by atoms with van der Waals surface area (Å²) >= 11 is 4.71. The second-order valence-corrected chi connectivity index (χ2v) is 6.72. The molecule has 2 aromatic rings. The molecule has 0 aliphatic carbocycles. The lowest BCUT2D eigenvalue weighted by Crippen LogP contribution is -2.32. The molecule has 11 heteroatoms. The molecule has 21 heavy (non-hydrogen) atoms. The molecular formula is C10H12BrF3N6S. The van der Waals surface area contributed by atoms with Gasteiger partial charge in [-0.25, -0.2) is 9.67 Å². The Kier molecular flexibility index (Phi) is 4.94. The van der Waals surface area contributed by atoms with Crippen molar-refractivity contribution >= 4 is 27.3 Å². The second kappa shape index (κ2) is 6.36. The highest BCUT2D eigenvalue weighted by Crippen LogP contribution is 2.28. The van der Waals surface area contributed by atoms with Crippen LogP contribution in [0.2, 0.25) is 0 Å². The Labute approximate surface area is 130 Å². The van der Waals surface area contributed by atoms with E-state index in [1.54, 1.807) is 6.92 Å². The van der Waals surface area contributed by atoms with Crippen LogP contribution in [-0.2, 0) is 12.7 Å². The van der Waals surface area contributed by atoms with Crippen molar-refractivity contribution in [3.8, 4) is 0 Å². The van der Waals surface area contributed by atoms with Crippen LogP contribution in [0.25, 0.3) is 0 Å². The van der Waals surface area contributed by atoms with Crippen LogP contribution in [0.3, 0.4) is 0 Å². The van der Waals surface area contributed by atoms with Crippen molar-refractivity contribution in [1.29, 1.82) is 0 Å². The van der Waals surface area contributed by atoms with Crippen LogP contribution >= 0.6 is 27.3 Å². The van der Waals surface area contributed by atoms with E-state index in [-0.39, 0.29) is 6.04 Å². The largest absolute Gasteiger partial charge is 0.453 e. The van der Waals surface area contributed by atoms with Crippen LogP contribution in [0.15, 0.2) is 3.92 Å². The molecule has 0 spiro atoms. The number of nitrogens with zero attached hydrogens (tertiary/aromatic N) is 5. The number of rotatable bonds is 0. The minimum atomic E-state index is -4.45. The van der Waals surface area contributed by atoms with E-state index in [9.17, 15) is 13.2 Å². The fourth-order valence-electron chi connectivity index (χ4n) is 1.71. The lowest BCUT2D eigenvalue weighted by molar-refractivity contribution is -0.145. The monoisotopic (exact) mass is 384 g/mol. The first-order chi connectivity index (χ1) is 9.77. The fraction of sp³-hybridized carbons (Fsp3) is 0.600. The van der Waals surface area contributed by atoms with Gasteiger partial charge in [-0.3, -0.25) is 0 Å². The maximum atomic E-state index is 12.2. The summed E-state index contributed by atoms with van der Waals surface area (Å²) in [5, 5.41) is 14.9. The van der Waals surface area contributed by atoms with Crippen molar-refractivity contribution in [2.24, 2.45) is 0 Å². The Balaban J connectivity index is 0.000000194. The SMILES string of the molecule is CC1NCCn2nc(C(F)(F)F)nc21.Cc1nnc(Br)s1. The number of aryl methyl sites for hydroxylation is 1. The zero-order valence-electron chi connectivity index (χ0n) is 11.1. The minimum Gasteiger partial charge on any atom is -0.306 e. The molecule has 1 N–H and O–H groups in total. The number of hydrogen-bond donors (Lipinski definition) is 1. The van der Waals surface area contributed by atoms with Gasteiger partial charge in [-0.05, 0) is 29.8 Å². The molecule has 6 nitrogen and oxygen atoms in total. The van der Waals surface area contributed by atoms with E-state index in [0.29, 0.717) is 18.9 Å². The third kappa shape index (κ3) is 4.20. The third-order valence-corrected chi connectivity index (χ3v) is 3.89. The predicted octanol–water partition coefficient (Wildman–Crippen LogP) is 2.57. The first-order valence-electron chi connectivity index (χ1n) is 5.98. The Morgan fingerprint density at radius 2 is 2.10 bits per heavy atom. The lowest BCUT2D eigenvalue weighted by atomic mass is 10.3. The van der Waals surface area contributed by atoms with Gasteiger partial charge in [-0.2, -0.15) is 13.2 Å². The van der Waals surface area contributed by atoms with Crippen molar-refractivity contribution in [3.63, 3.8) is 0 Å². The van der Waals surface area contributed by atoms with E-state index < -0.39 is 12.0 Å². The van der Waals surface area contributed by atoms with Crippen LogP contribution in [0.1, 0.15) is 29.6 Å². The molecule has 0 aromatic carbocycles. The summed E-state index contributed by atoms with van der Waals surface area (Å²) in [4.78, 5) is 3.47. The van der Waals surface area contributed by atoms with Crippen LogP contribution in [0.4, 0.5) is 13.2 Å². The van der Waals surface area contributed by atoms with Gasteiger partial charge in [0.1, 0.15) is 10.8 Å². The molecule has 2 aromatic heterocycles. The minimum absolute atomic E-state index is 0.174. The van der Waals surface area contributed by atoms with Gasteiger partial charge in [0.05, 0.1) is 12.6 Å².